The summed E-state index contributed by atoms with van der Waals surface area (Å²) in [4.78, 5) is 0. The van der Waals surface area contributed by atoms with Crippen LogP contribution in [0.2, 0.25) is 0 Å². The smallest absolute Gasteiger partial charge is 0.248 e. The molecule has 0 amide bonds. The van der Waals surface area contributed by atoms with E-state index in [0.717, 1.165) is 25.7 Å². The van der Waals surface area contributed by atoms with E-state index in [1.54, 1.807) is 0 Å². The summed E-state index contributed by atoms with van der Waals surface area (Å²) in [7, 11) is -7.53. The minimum absolute atomic E-state index is 0.0813. The van der Waals surface area contributed by atoms with Gasteiger partial charge in [0.1, 0.15) is 0 Å². The van der Waals surface area contributed by atoms with Crippen LogP contribution < -0.4 is 0 Å². The first-order valence-electron chi connectivity index (χ1n) is 6.44. The van der Waals surface area contributed by atoms with Gasteiger partial charge in [-0.05, 0) is 12.8 Å². The second-order valence-electron chi connectivity index (χ2n) is 4.97. The van der Waals surface area contributed by atoms with E-state index in [0.29, 0.717) is 0 Å². The first-order valence-corrected chi connectivity index (χ1v) is 9.10. The minimum Gasteiger partial charge on any atom is -0.248 e. The van der Waals surface area contributed by atoms with Crippen molar-refractivity contribution in [2.24, 2.45) is 11.8 Å². The van der Waals surface area contributed by atoms with Crippen molar-refractivity contribution >= 4 is 20.8 Å². The zero-order valence-corrected chi connectivity index (χ0v) is 12.5. The first-order chi connectivity index (χ1) is 9.36. The summed E-state index contributed by atoms with van der Waals surface area (Å²) in [6, 6.07) is 0. The Labute approximate surface area is 119 Å². The Balaban J connectivity index is 1.56. The molecule has 2 aliphatic rings. The van der Waals surface area contributed by atoms with Gasteiger partial charge in [-0.3, -0.25) is 0 Å². The van der Waals surface area contributed by atoms with Crippen molar-refractivity contribution in [3.05, 3.63) is 0 Å². The van der Waals surface area contributed by atoms with Crippen LogP contribution in [0.5, 0.6) is 0 Å². The van der Waals surface area contributed by atoms with Crippen molar-refractivity contribution < 1.29 is 33.6 Å². The maximum atomic E-state index is 10.9. The molecule has 0 aromatic carbocycles. The van der Waals surface area contributed by atoms with Gasteiger partial charge in [0.2, 0.25) is 0 Å². The highest BCUT2D eigenvalue weighted by atomic mass is 32.3. The quantitative estimate of drug-likeness (QED) is 0.665. The second kappa shape index (κ2) is 6.67. The zero-order chi connectivity index (χ0) is 14.6. The molecule has 20 heavy (non-hydrogen) atoms. The fourth-order valence-electron chi connectivity index (χ4n) is 2.08. The van der Waals surface area contributed by atoms with E-state index in [1.165, 1.54) is 0 Å². The van der Waals surface area contributed by atoms with Gasteiger partial charge in [-0.15, -0.1) is 0 Å². The standard InChI is InChI=1S/C10H18O8S2/c11-19(12)15-5-9(6-16-19)3-1-2-4-10-7-17-20(13,14)18-8-10/h9-10H,1-8H2. The lowest BCUT2D eigenvalue weighted by Crippen LogP contribution is -2.29. The van der Waals surface area contributed by atoms with E-state index >= 15 is 0 Å². The maximum absolute atomic E-state index is 10.9. The highest BCUT2D eigenvalue weighted by Gasteiger charge is 2.26. The van der Waals surface area contributed by atoms with E-state index in [1.807, 2.05) is 0 Å². The molecule has 0 aromatic heterocycles. The van der Waals surface area contributed by atoms with Crippen molar-refractivity contribution in [1.82, 2.24) is 0 Å². The highest BCUT2D eigenvalue weighted by molar-refractivity contribution is 7.82. The highest BCUT2D eigenvalue weighted by Crippen LogP contribution is 2.21. The van der Waals surface area contributed by atoms with Crippen LogP contribution in [0.1, 0.15) is 25.7 Å². The Bertz CT molecular complexity index is 435. The molecule has 2 aliphatic heterocycles. The summed E-state index contributed by atoms with van der Waals surface area (Å²) in [6.45, 7) is 0.652. The molecule has 0 saturated carbocycles. The zero-order valence-electron chi connectivity index (χ0n) is 10.9. The van der Waals surface area contributed by atoms with Gasteiger partial charge in [0.15, 0.2) is 0 Å². The number of rotatable bonds is 5. The van der Waals surface area contributed by atoms with Gasteiger partial charge >= 0.3 is 20.8 Å². The van der Waals surface area contributed by atoms with Crippen LogP contribution in [0.25, 0.3) is 0 Å². The normalized spacial score (nSPS) is 27.4. The van der Waals surface area contributed by atoms with Gasteiger partial charge in [0.25, 0.3) is 0 Å². The summed E-state index contributed by atoms with van der Waals surface area (Å²) in [6.07, 6.45) is 3.39. The monoisotopic (exact) mass is 330 g/mol. The predicted molar refractivity (Wildman–Crippen MR) is 67.1 cm³/mol. The van der Waals surface area contributed by atoms with E-state index in [2.05, 4.69) is 16.7 Å². The average Bonchev–Trinajstić information content (AvgIpc) is 2.38. The maximum Gasteiger partial charge on any atom is 0.399 e. The van der Waals surface area contributed by atoms with Gasteiger partial charge in [-0.2, -0.15) is 16.8 Å². The Morgan fingerprint density at radius 3 is 1.25 bits per heavy atom. The lowest BCUT2D eigenvalue weighted by Gasteiger charge is -2.23. The molecular weight excluding hydrogens is 312 g/mol. The van der Waals surface area contributed by atoms with Crippen LogP contribution in [0, 0.1) is 11.8 Å². The molecule has 0 atom stereocenters. The lowest BCUT2D eigenvalue weighted by molar-refractivity contribution is 0.0886. The molecule has 2 saturated heterocycles. The molecule has 0 aliphatic carbocycles. The van der Waals surface area contributed by atoms with Gasteiger partial charge in [-0.1, -0.05) is 12.8 Å². The molecule has 118 valence electrons. The van der Waals surface area contributed by atoms with Gasteiger partial charge < -0.3 is 0 Å². The van der Waals surface area contributed by atoms with Crippen LogP contribution in [0.4, 0.5) is 0 Å². The van der Waals surface area contributed by atoms with Gasteiger partial charge in [0, 0.05) is 11.8 Å². The molecule has 0 aromatic rings. The SMILES string of the molecule is O=S1(=O)OCC(CCCCC2COS(=O)(=O)OC2)CO1. The first kappa shape index (κ1) is 16.1. The number of hydrogen-bond donors (Lipinski definition) is 0. The second-order valence-corrected chi connectivity index (χ2v) is 7.55. The third-order valence-corrected chi connectivity index (χ3v) is 4.97. The lowest BCUT2D eigenvalue weighted by atomic mass is 9.99. The van der Waals surface area contributed by atoms with Crippen molar-refractivity contribution in [1.29, 1.82) is 0 Å². The van der Waals surface area contributed by atoms with Crippen LogP contribution in [0.15, 0.2) is 0 Å². The number of unbranched alkanes of at least 4 members (excludes halogenated alkanes) is 1. The van der Waals surface area contributed by atoms with E-state index < -0.39 is 20.8 Å². The van der Waals surface area contributed by atoms with E-state index in [9.17, 15) is 16.8 Å². The molecule has 2 fully saturated rings. The van der Waals surface area contributed by atoms with E-state index in [4.69, 9.17) is 0 Å². The van der Waals surface area contributed by atoms with Crippen LogP contribution >= 0.6 is 0 Å². The molecule has 8 nitrogen and oxygen atoms in total. The Morgan fingerprint density at radius 1 is 0.650 bits per heavy atom. The third kappa shape index (κ3) is 5.26. The summed E-state index contributed by atoms with van der Waals surface area (Å²) >= 11 is 0. The number of hydrogen-bond acceptors (Lipinski definition) is 8. The van der Waals surface area contributed by atoms with Crippen LogP contribution in [-0.4, -0.2) is 43.3 Å². The molecule has 0 radical (unpaired) electrons. The van der Waals surface area contributed by atoms with Crippen molar-refractivity contribution in [2.75, 3.05) is 26.4 Å². The van der Waals surface area contributed by atoms with Gasteiger partial charge in [-0.25, -0.2) is 16.7 Å². The third-order valence-electron chi connectivity index (χ3n) is 3.27. The minimum atomic E-state index is -3.76. The Hall–Kier alpha value is -0.260. The average molecular weight is 330 g/mol. The van der Waals surface area contributed by atoms with E-state index in [-0.39, 0.29) is 38.3 Å². The summed E-state index contributed by atoms with van der Waals surface area (Å²) in [5.74, 6) is 0.163. The fraction of sp³-hybridized carbons (Fsp3) is 1.00. The predicted octanol–water partition coefficient (Wildman–Crippen LogP) is 0.362. The van der Waals surface area contributed by atoms with Crippen molar-refractivity contribution in [2.45, 2.75) is 25.7 Å². The molecule has 0 unspecified atom stereocenters. The van der Waals surface area contributed by atoms with Crippen molar-refractivity contribution in [3.8, 4) is 0 Å². The van der Waals surface area contributed by atoms with Crippen LogP contribution in [0.3, 0.4) is 0 Å². The van der Waals surface area contributed by atoms with Crippen LogP contribution in [-0.2, 0) is 37.5 Å². The Morgan fingerprint density at radius 2 is 0.950 bits per heavy atom. The largest absolute Gasteiger partial charge is 0.399 e. The van der Waals surface area contributed by atoms with Gasteiger partial charge in [0.05, 0.1) is 26.4 Å². The summed E-state index contributed by atoms with van der Waals surface area (Å²) < 4.78 is 61.8. The molecule has 0 N–H and O–H groups in total. The fourth-order valence-corrected chi connectivity index (χ4v) is 3.65. The molecular formula is C10H18O8S2. The van der Waals surface area contributed by atoms with Crippen molar-refractivity contribution in [3.63, 3.8) is 0 Å². The molecule has 0 spiro atoms. The summed E-state index contributed by atoms with van der Waals surface area (Å²) in [5.41, 5.74) is 0. The molecule has 10 heteroatoms. The molecule has 2 heterocycles. The molecule has 0 bridgehead atoms. The Kier molecular flexibility index (Phi) is 5.37. The topological polar surface area (TPSA) is 105 Å². The summed E-state index contributed by atoms with van der Waals surface area (Å²) in [5, 5.41) is 0. The molecule has 2 rings (SSSR count).